The molecule has 0 spiro atoms. The first-order valence-electron chi connectivity index (χ1n) is 14.1. The van der Waals surface area contributed by atoms with Gasteiger partial charge in [0, 0.05) is 42.8 Å². The van der Waals surface area contributed by atoms with Gasteiger partial charge >= 0.3 is 0 Å². The number of aromatic amines is 1. The molecule has 5 N–H and O–H groups in total. The Kier molecular flexibility index (Phi) is 9.20. The van der Waals surface area contributed by atoms with Crippen molar-refractivity contribution in [2.75, 3.05) is 38.1 Å². The van der Waals surface area contributed by atoms with Gasteiger partial charge in [0.25, 0.3) is 11.6 Å². The average Bonchev–Trinajstić information content (AvgIpc) is 3.44. The molecule has 1 amide bonds. The highest BCUT2D eigenvalue weighted by Gasteiger charge is 2.25. The number of anilines is 1. The van der Waals surface area contributed by atoms with Crippen molar-refractivity contribution in [1.82, 2.24) is 15.2 Å². The molecule has 0 unspecified atom stereocenters. The number of nitro benzene ring substituents is 1. The quantitative estimate of drug-likeness (QED) is 0.0966. The third kappa shape index (κ3) is 7.36. The van der Waals surface area contributed by atoms with Crippen molar-refractivity contribution in [2.45, 2.75) is 31.4 Å². The van der Waals surface area contributed by atoms with Gasteiger partial charge in [0.05, 0.1) is 4.92 Å². The predicted octanol–water partition coefficient (Wildman–Crippen LogP) is 4.07. The number of fused-ring (bicyclic) bond motifs is 1. The monoisotopic (exact) mass is 573 g/mol. The number of amides is 1. The molecule has 1 aliphatic heterocycles. The van der Waals surface area contributed by atoms with Gasteiger partial charge in [-0.25, -0.2) is 0 Å². The Morgan fingerprint density at radius 1 is 1.10 bits per heavy atom. The zero-order chi connectivity index (χ0) is 29.5. The maximum absolute atomic E-state index is 13.1. The molecule has 1 aliphatic rings. The van der Waals surface area contributed by atoms with E-state index in [0.717, 1.165) is 31.5 Å². The number of aliphatic hydroxyl groups is 1. The van der Waals surface area contributed by atoms with E-state index < -0.39 is 11.0 Å². The number of rotatable bonds is 12. The minimum Gasteiger partial charge on any atom is -0.508 e. The van der Waals surface area contributed by atoms with E-state index in [4.69, 9.17) is 4.74 Å². The average molecular weight is 574 g/mol. The van der Waals surface area contributed by atoms with E-state index in [0.29, 0.717) is 42.0 Å². The van der Waals surface area contributed by atoms with E-state index >= 15 is 0 Å². The Morgan fingerprint density at radius 3 is 2.55 bits per heavy atom. The van der Waals surface area contributed by atoms with Gasteiger partial charge in [-0.1, -0.05) is 24.3 Å². The van der Waals surface area contributed by atoms with Crippen LogP contribution < -0.4 is 15.4 Å². The van der Waals surface area contributed by atoms with Gasteiger partial charge < -0.3 is 35.5 Å². The number of H-pyrrole nitrogens is 1. The number of benzene rings is 3. The molecular weight excluding hydrogens is 538 g/mol. The third-order valence-electron chi connectivity index (χ3n) is 7.42. The fourth-order valence-corrected chi connectivity index (χ4v) is 5.10. The van der Waals surface area contributed by atoms with Crippen LogP contribution in [0.1, 0.15) is 28.9 Å². The summed E-state index contributed by atoms with van der Waals surface area (Å²) in [5, 5.41) is 38.2. The van der Waals surface area contributed by atoms with E-state index in [2.05, 4.69) is 39.9 Å². The number of piperidine rings is 1. The molecule has 1 fully saturated rings. The second kappa shape index (κ2) is 13.4. The molecule has 220 valence electrons. The lowest BCUT2D eigenvalue weighted by molar-refractivity contribution is -0.383. The lowest BCUT2D eigenvalue weighted by Gasteiger charge is -2.32. The predicted molar refractivity (Wildman–Crippen MR) is 160 cm³/mol. The van der Waals surface area contributed by atoms with Crippen molar-refractivity contribution in [3.8, 4) is 11.5 Å². The molecule has 1 atom stereocenters. The Balaban J connectivity index is 1.01. The molecule has 5 rings (SSSR count). The van der Waals surface area contributed by atoms with Gasteiger partial charge in [-0.15, -0.1) is 0 Å². The maximum Gasteiger partial charge on any atom is 0.293 e. The van der Waals surface area contributed by atoms with Gasteiger partial charge in [0.2, 0.25) is 0 Å². The number of non-ortho nitro benzene ring substituents is 1. The highest BCUT2D eigenvalue weighted by Crippen LogP contribution is 2.27. The molecular formula is C31H35N5O6. The number of aromatic hydroxyl groups is 1. The summed E-state index contributed by atoms with van der Waals surface area (Å²) in [4.78, 5) is 28.7. The summed E-state index contributed by atoms with van der Waals surface area (Å²) >= 11 is 0. The molecule has 0 saturated carbocycles. The number of phenols is 1. The first-order chi connectivity index (χ1) is 20.4. The minimum atomic E-state index is -0.643. The second-order valence-electron chi connectivity index (χ2n) is 10.5. The van der Waals surface area contributed by atoms with Crippen LogP contribution in [0.15, 0.2) is 72.8 Å². The normalized spacial score (nSPS) is 14.5. The van der Waals surface area contributed by atoms with Crippen LogP contribution in [0.4, 0.5) is 11.4 Å². The largest absolute Gasteiger partial charge is 0.508 e. The molecule has 1 saturated heterocycles. The zero-order valence-electron chi connectivity index (χ0n) is 23.2. The molecule has 2 heterocycles. The maximum atomic E-state index is 13.1. The van der Waals surface area contributed by atoms with E-state index in [-0.39, 0.29) is 30.0 Å². The smallest absolute Gasteiger partial charge is 0.293 e. The number of carbonyl (C=O) groups is 1. The lowest BCUT2D eigenvalue weighted by Crippen LogP contribution is -2.42. The fraction of sp³-hybridized carbons (Fsp3) is 0.323. The van der Waals surface area contributed by atoms with Crippen molar-refractivity contribution in [3.63, 3.8) is 0 Å². The van der Waals surface area contributed by atoms with Crippen molar-refractivity contribution in [1.29, 1.82) is 0 Å². The summed E-state index contributed by atoms with van der Waals surface area (Å²) in [6.07, 6.45) is 1.78. The molecule has 4 aromatic rings. The Morgan fingerprint density at radius 2 is 1.83 bits per heavy atom. The number of ether oxygens (including phenoxy) is 1. The number of carbonyl (C=O) groups excluding carboxylic acids is 1. The van der Waals surface area contributed by atoms with Crippen LogP contribution in [-0.2, 0) is 6.42 Å². The van der Waals surface area contributed by atoms with Gasteiger partial charge in [0.15, 0.2) is 0 Å². The van der Waals surface area contributed by atoms with Crippen LogP contribution >= 0.6 is 0 Å². The summed E-state index contributed by atoms with van der Waals surface area (Å²) in [5.41, 5.74) is 2.91. The number of aromatic nitrogens is 1. The Labute approximate surface area is 243 Å². The number of nitro groups is 1. The van der Waals surface area contributed by atoms with E-state index in [1.54, 1.807) is 47.4 Å². The van der Waals surface area contributed by atoms with E-state index in [1.165, 1.54) is 11.6 Å². The lowest BCUT2D eigenvalue weighted by atomic mass is 10.0. The van der Waals surface area contributed by atoms with Crippen LogP contribution in [0.2, 0.25) is 0 Å². The summed E-state index contributed by atoms with van der Waals surface area (Å²) in [6, 6.07) is 21.4. The Bertz CT molecular complexity index is 1500. The van der Waals surface area contributed by atoms with Gasteiger partial charge in [-0.05, 0) is 73.8 Å². The van der Waals surface area contributed by atoms with Crippen LogP contribution in [-0.4, -0.2) is 75.9 Å². The van der Waals surface area contributed by atoms with Crippen LogP contribution in [0.3, 0.4) is 0 Å². The highest BCUT2D eigenvalue weighted by atomic mass is 16.6. The second-order valence-corrected chi connectivity index (χ2v) is 10.5. The Hall–Kier alpha value is -4.61. The SMILES string of the molecule is O=C(c1cc2cccc([N+](=O)[O-])c2[nH]1)N1CCC(Nc2ccc(CCNC[C@H](O)COc3ccc(O)cc3)cc2)CC1. The molecule has 11 nitrogen and oxygen atoms in total. The fourth-order valence-electron chi connectivity index (χ4n) is 5.10. The number of likely N-dealkylation sites (tertiary alicyclic amines) is 1. The number of nitrogens with zero attached hydrogens (tertiary/aromatic N) is 2. The first-order valence-corrected chi connectivity index (χ1v) is 14.1. The molecule has 3 aromatic carbocycles. The number of para-hydroxylation sites is 1. The summed E-state index contributed by atoms with van der Waals surface area (Å²) in [5.74, 6) is 0.623. The summed E-state index contributed by atoms with van der Waals surface area (Å²) in [7, 11) is 0. The number of aliphatic hydroxyl groups excluding tert-OH is 1. The zero-order valence-corrected chi connectivity index (χ0v) is 23.2. The van der Waals surface area contributed by atoms with Crippen LogP contribution in [0.25, 0.3) is 10.9 Å². The van der Waals surface area contributed by atoms with E-state index in [9.17, 15) is 25.1 Å². The number of phenolic OH excluding ortho intramolecular Hbond substituents is 1. The molecule has 0 radical (unpaired) electrons. The summed E-state index contributed by atoms with van der Waals surface area (Å²) in [6.45, 7) is 2.50. The molecule has 1 aromatic heterocycles. The molecule has 0 aliphatic carbocycles. The molecule has 0 bridgehead atoms. The standard InChI is InChI=1S/C31H35N5O6/c37-25-8-10-27(11-9-25)42-20-26(38)19-32-15-12-21-4-6-23(7-5-21)33-24-13-16-35(17-14-24)31(39)28-18-22-2-1-3-29(36(40)41)30(22)34-28/h1-11,18,24,26,32-34,37-38H,12-17,19-20H2/t26-/m0/s1. The van der Waals surface area contributed by atoms with E-state index in [1.807, 2.05) is 0 Å². The number of nitrogens with one attached hydrogen (secondary N) is 3. The van der Waals surface area contributed by atoms with Crippen molar-refractivity contribution >= 4 is 28.2 Å². The highest BCUT2D eigenvalue weighted by molar-refractivity contribution is 6.00. The van der Waals surface area contributed by atoms with Gasteiger partial charge in [0.1, 0.15) is 35.4 Å². The number of hydrogen-bond acceptors (Lipinski definition) is 8. The first kappa shape index (κ1) is 28.9. The number of hydrogen-bond donors (Lipinski definition) is 5. The van der Waals surface area contributed by atoms with Crippen molar-refractivity contribution in [2.24, 2.45) is 0 Å². The van der Waals surface area contributed by atoms with Crippen LogP contribution in [0, 0.1) is 10.1 Å². The van der Waals surface area contributed by atoms with Gasteiger partial charge in [-0.3, -0.25) is 14.9 Å². The van der Waals surface area contributed by atoms with Gasteiger partial charge in [-0.2, -0.15) is 0 Å². The summed E-state index contributed by atoms with van der Waals surface area (Å²) < 4.78 is 5.52. The van der Waals surface area contributed by atoms with Crippen molar-refractivity contribution < 1.29 is 24.7 Å². The third-order valence-corrected chi connectivity index (χ3v) is 7.42. The minimum absolute atomic E-state index is 0.0381. The van der Waals surface area contributed by atoms with Crippen LogP contribution in [0.5, 0.6) is 11.5 Å². The molecule has 11 heteroatoms. The molecule has 42 heavy (non-hydrogen) atoms. The van der Waals surface area contributed by atoms with Crippen molar-refractivity contribution in [3.05, 3.63) is 94.2 Å². The topological polar surface area (TPSA) is 153 Å².